The number of halogens is 1. The van der Waals surface area contributed by atoms with Gasteiger partial charge in [0.25, 0.3) is 5.91 Å². The molecule has 0 saturated carbocycles. The number of carbonyl (C=O) groups is 1. The zero-order valence-corrected chi connectivity index (χ0v) is 12.6. The topological polar surface area (TPSA) is 29.1 Å². The van der Waals surface area contributed by atoms with Crippen LogP contribution in [0, 0.1) is 11.7 Å². The first-order chi connectivity index (χ1) is 10.3. The number of amides is 1. The number of hydrogen-bond donors (Lipinski definition) is 1. The third-order valence-corrected chi connectivity index (χ3v) is 5.06. The zero-order valence-electron chi connectivity index (χ0n) is 11.8. The molecule has 2 nitrogen and oxygen atoms in total. The Hall–Kier alpha value is -1.55. The van der Waals surface area contributed by atoms with E-state index >= 15 is 0 Å². The summed E-state index contributed by atoms with van der Waals surface area (Å²) in [5.74, 6) is 2.54. The summed E-state index contributed by atoms with van der Waals surface area (Å²) in [6, 6.07) is 10.1. The van der Waals surface area contributed by atoms with Gasteiger partial charge in [-0.25, -0.2) is 4.39 Å². The molecule has 3 rings (SSSR count). The van der Waals surface area contributed by atoms with Gasteiger partial charge in [-0.2, -0.15) is 11.8 Å². The molecule has 1 aliphatic heterocycles. The largest absolute Gasteiger partial charge is 0.352 e. The maximum absolute atomic E-state index is 13.8. The lowest BCUT2D eigenvalue weighted by Gasteiger charge is -2.21. The summed E-state index contributed by atoms with van der Waals surface area (Å²) in [7, 11) is 0. The molecule has 0 aliphatic carbocycles. The standard InChI is InChI=1S/C17H18FNOS/c18-16-6-5-15(13-3-1-2-4-14(13)16)17(20)19-11-12-7-9-21-10-8-12/h1-6,12H,7-11H2,(H,19,20). The summed E-state index contributed by atoms with van der Waals surface area (Å²) in [5.41, 5.74) is 0.553. The quantitative estimate of drug-likeness (QED) is 0.933. The SMILES string of the molecule is O=C(NCC1CCSCC1)c1ccc(F)c2ccccc12. The van der Waals surface area contributed by atoms with E-state index in [1.165, 1.54) is 17.6 Å². The second kappa shape index (κ2) is 6.48. The third-order valence-electron chi connectivity index (χ3n) is 4.01. The van der Waals surface area contributed by atoms with Gasteiger partial charge >= 0.3 is 0 Å². The molecule has 1 aliphatic rings. The highest BCUT2D eigenvalue weighted by molar-refractivity contribution is 7.99. The van der Waals surface area contributed by atoms with Crippen molar-refractivity contribution in [3.05, 3.63) is 47.8 Å². The van der Waals surface area contributed by atoms with Crippen molar-refractivity contribution in [2.45, 2.75) is 12.8 Å². The first kappa shape index (κ1) is 14.4. The van der Waals surface area contributed by atoms with Crippen LogP contribution < -0.4 is 5.32 Å². The number of nitrogens with one attached hydrogen (secondary N) is 1. The Morgan fingerprint density at radius 1 is 1.14 bits per heavy atom. The molecule has 0 atom stereocenters. The van der Waals surface area contributed by atoms with Crippen molar-refractivity contribution in [1.82, 2.24) is 5.32 Å². The Labute approximate surface area is 128 Å². The Morgan fingerprint density at radius 3 is 2.62 bits per heavy atom. The summed E-state index contributed by atoms with van der Waals surface area (Å²) >= 11 is 1.98. The molecule has 1 N–H and O–H groups in total. The van der Waals surface area contributed by atoms with Gasteiger partial charge in [0, 0.05) is 17.5 Å². The van der Waals surface area contributed by atoms with Gasteiger partial charge < -0.3 is 5.32 Å². The number of rotatable bonds is 3. The van der Waals surface area contributed by atoms with Crippen LogP contribution in [0.2, 0.25) is 0 Å². The normalized spacial score (nSPS) is 16.0. The summed E-state index contributed by atoms with van der Waals surface area (Å²) in [4.78, 5) is 12.4. The van der Waals surface area contributed by atoms with Gasteiger partial charge in [-0.15, -0.1) is 0 Å². The molecule has 1 amide bonds. The fourth-order valence-electron chi connectivity index (χ4n) is 2.74. The molecule has 0 spiro atoms. The van der Waals surface area contributed by atoms with Gasteiger partial charge in [0.15, 0.2) is 0 Å². The highest BCUT2D eigenvalue weighted by atomic mass is 32.2. The van der Waals surface area contributed by atoms with Crippen molar-refractivity contribution in [2.75, 3.05) is 18.1 Å². The highest BCUT2D eigenvalue weighted by Crippen LogP contribution is 2.23. The summed E-state index contributed by atoms with van der Waals surface area (Å²) in [5, 5.41) is 4.18. The predicted octanol–water partition coefficient (Wildman–Crippen LogP) is 3.85. The second-order valence-corrected chi connectivity index (χ2v) is 6.63. The molecule has 0 radical (unpaired) electrons. The van der Waals surface area contributed by atoms with Crippen molar-refractivity contribution in [2.24, 2.45) is 5.92 Å². The molecule has 0 bridgehead atoms. The van der Waals surface area contributed by atoms with E-state index in [9.17, 15) is 9.18 Å². The van der Waals surface area contributed by atoms with E-state index in [2.05, 4.69) is 5.32 Å². The van der Waals surface area contributed by atoms with Gasteiger partial charge in [0.2, 0.25) is 0 Å². The van der Waals surface area contributed by atoms with Crippen LogP contribution in [-0.2, 0) is 0 Å². The molecule has 110 valence electrons. The van der Waals surface area contributed by atoms with Gasteiger partial charge in [-0.05, 0) is 47.8 Å². The van der Waals surface area contributed by atoms with E-state index in [1.807, 2.05) is 17.8 Å². The summed E-state index contributed by atoms with van der Waals surface area (Å²) in [6.45, 7) is 0.713. The number of fused-ring (bicyclic) bond motifs is 1. The molecule has 21 heavy (non-hydrogen) atoms. The van der Waals surface area contributed by atoms with Crippen molar-refractivity contribution < 1.29 is 9.18 Å². The van der Waals surface area contributed by atoms with E-state index in [1.54, 1.807) is 24.3 Å². The van der Waals surface area contributed by atoms with E-state index in [-0.39, 0.29) is 11.7 Å². The van der Waals surface area contributed by atoms with Crippen LogP contribution in [0.15, 0.2) is 36.4 Å². The number of hydrogen-bond acceptors (Lipinski definition) is 2. The van der Waals surface area contributed by atoms with Crippen LogP contribution in [0.5, 0.6) is 0 Å². The van der Waals surface area contributed by atoms with Crippen molar-refractivity contribution in [1.29, 1.82) is 0 Å². The average Bonchev–Trinajstić information content (AvgIpc) is 2.54. The molecule has 4 heteroatoms. The van der Waals surface area contributed by atoms with Crippen molar-refractivity contribution in [3.8, 4) is 0 Å². The van der Waals surface area contributed by atoms with Crippen LogP contribution in [-0.4, -0.2) is 24.0 Å². The van der Waals surface area contributed by atoms with Crippen molar-refractivity contribution >= 4 is 28.4 Å². The van der Waals surface area contributed by atoms with Crippen LogP contribution >= 0.6 is 11.8 Å². The van der Waals surface area contributed by atoms with Gasteiger partial charge in [0.05, 0.1) is 0 Å². The molecule has 1 fully saturated rings. The first-order valence-corrected chi connectivity index (χ1v) is 8.44. The molecule has 0 aromatic heterocycles. The molecule has 2 aromatic rings. The fourth-order valence-corrected chi connectivity index (χ4v) is 3.95. The van der Waals surface area contributed by atoms with E-state index < -0.39 is 0 Å². The lowest BCUT2D eigenvalue weighted by Crippen LogP contribution is -2.31. The number of thioether (sulfide) groups is 1. The minimum Gasteiger partial charge on any atom is -0.352 e. The Bertz CT molecular complexity index is 652. The maximum Gasteiger partial charge on any atom is 0.251 e. The Balaban J connectivity index is 1.77. The number of carbonyl (C=O) groups excluding carboxylic acids is 1. The lowest BCUT2D eigenvalue weighted by molar-refractivity contribution is 0.0948. The van der Waals surface area contributed by atoms with E-state index in [4.69, 9.17) is 0 Å². The first-order valence-electron chi connectivity index (χ1n) is 7.29. The Morgan fingerprint density at radius 2 is 1.86 bits per heavy atom. The zero-order chi connectivity index (χ0) is 14.7. The highest BCUT2D eigenvalue weighted by Gasteiger charge is 2.16. The van der Waals surface area contributed by atoms with Crippen molar-refractivity contribution in [3.63, 3.8) is 0 Å². The van der Waals surface area contributed by atoms with Crippen LogP contribution in [0.3, 0.4) is 0 Å². The van der Waals surface area contributed by atoms with Gasteiger partial charge in [-0.3, -0.25) is 4.79 Å². The van der Waals surface area contributed by atoms with Gasteiger partial charge in [0.1, 0.15) is 5.82 Å². The Kier molecular flexibility index (Phi) is 4.44. The molecule has 1 saturated heterocycles. The summed E-state index contributed by atoms with van der Waals surface area (Å²) in [6.07, 6.45) is 2.32. The maximum atomic E-state index is 13.8. The van der Waals surface area contributed by atoms with Crippen LogP contribution in [0.4, 0.5) is 4.39 Å². The van der Waals surface area contributed by atoms with E-state index in [0.29, 0.717) is 28.8 Å². The minimum absolute atomic E-state index is 0.107. The molecule has 2 aromatic carbocycles. The van der Waals surface area contributed by atoms with Gasteiger partial charge in [-0.1, -0.05) is 24.3 Å². The summed E-state index contributed by atoms with van der Waals surface area (Å²) < 4.78 is 13.8. The molecular formula is C17H18FNOS. The lowest BCUT2D eigenvalue weighted by atomic mass is 10.0. The number of benzene rings is 2. The minimum atomic E-state index is -0.286. The average molecular weight is 303 g/mol. The van der Waals surface area contributed by atoms with E-state index in [0.717, 1.165) is 12.8 Å². The van der Waals surface area contributed by atoms with Crippen LogP contribution in [0.25, 0.3) is 10.8 Å². The smallest absolute Gasteiger partial charge is 0.251 e. The molecular weight excluding hydrogens is 285 g/mol. The third kappa shape index (κ3) is 3.21. The predicted molar refractivity (Wildman–Crippen MR) is 86.3 cm³/mol. The monoisotopic (exact) mass is 303 g/mol. The van der Waals surface area contributed by atoms with Crippen LogP contribution in [0.1, 0.15) is 23.2 Å². The fraction of sp³-hybridized carbons (Fsp3) is 0.353. The molecule has 1 heterocycles. The molecule has 0 unspecified atom stereocenters. The second-order valence-electron chi connectivity index (χ2n) is 5.41.